The van der Waals surface area contributed by atoms with Crippen molar-refractivity contribution in [3.63, 3.8) is 0 Å². The van der Waals surface area contributed by atoms with E-state index in [1.165, 1.54) is 0 Å². The van der Waals surface area contributed by atoms with Crippen molar-refractivity contribution >= 4 is 55.5 Å². The molecule has 176 valence electrons. The van der Waals surface area contributed by atoms with E-state index in [1.54, 1.807) is 11.3 Å². The lowest BCUT2D eigenvalue weighted by Gasteiger charge is -2.25. The van der Waals surface area contributed by atoms with Gasteiger partial charge in [-0.05, 0) is 49.2 Å². The molecule has 1 atom stereocenters. The Morgan fingerprint density at radius 1 is 1.24 bits per heavy atom. The van der Waals surface area contributed by atoms with Crippen LogP contribution in [0.25, 0.3) is 16.2 Å². The van der Waals surface area contributed by atoms with Gasteiger partial charge < -0.3 is 15.0 Å². The number of nitrogens with zero attached hydrogens (tertiary/aromatic N) is 3. The number of aromatic nitrogens is 2. The van der Waals surface area contributed by atoms with Crippen LogP contribution in [-0.4, -0.2) is 46.1 Å². The molecule has 3 heterocycles. The number of ether oxygens (including phenoxy) is 1. The van der Waals surface area contributed by atoms with Crippen molar-refractivity contribution in [1.82, 2.24) is 14.3 Å². The average Bonchev–Trinajstić information content (AvgIpc) is 3.57. The van der Waals surface area contributed by atoms with Gasteiger partial charge in [0.25, 0.3) is 0 Å². The minimum Gasteiger partial charge on any atom is -0.376 e. The fraction of sp³-hybridized carbons (Fsp3) is 0.280. The number of amides is 2. The number of hydrogen-bond acceptors (Lipinski definition) is 4. The number of anilines is 1. The summed E-state index contributed by atoms with van der Waals surface area (Å²) in [7, 11) is 0. The third-order valence-electron chi connectivity index (χ3n) is 5.89. The number of urea groups is 1. The number of thiazole rings is 1. The van der Waals surface area contributed by atoms with Crippen LogP contribution in [0.4, 0.5) is 10.5 Å². The van der Waals surface area contributed by atoms with Crippen molar-refractivity contribution in [2.75, 3.05) is 25.0 Å². The van der Waals surface area contributed by atoms with E-state index in [4.69, 9.17) is 21.3 Å². The molecule has 0 aliphatic carbocycles. The van der Waals surface area contributed by atoms with Gasteiger partial charge in [-0.25, -0.2) is 9.78 Å². The Morgan fingerprint density at radius 2 is 2.03 bits per heavy atom. The highest BCUT2D eigenvalue weighted by Gasteiger charge is 2.23. The molecule has 0 saturated carbocycles. The Labute approximate surface area is 215 Å². The van der Waals surface area contributed by atoms with Crippen LogP contribution in [0.5, 0.6) is 0 Å². The zero-order valence-corrected chi connectivity index (χ0v) is 21.6. The third kappa shape index (κ3) is 5.46. The summed E-state index contributed by atoms with van der Waals surface area (Å²) < 4.78 is 8.91. The number of imidazole rings is 1. The monoisotopic (exact) mass is 558 g/mol. The maximum Gasteiger partial charge on any atom is 0.321 e. The van der Waals surface area contributed by atoms with E-state index in [2.05, 4.69) is 37.2 Å². The first kappa shape index (κ1) is 23.4. The van der Waals surface area contributed by atoms with E-state index in [1.807, 2.05) is 53.4 Å². The summed E-state index contributed by atoms with van der Waals surface area (Å²) in [5.74, 6) is 0. The van der Waals surface area contributed by atoms with Gasteiger partial charge in [0, 0.05) is 64.1 Å². The molecule has 1 fully saturated rings. The van der Waals surface area contributed by atoms with E-state index in [-0.39, 0.29) is 12.1 Å². The summed E-state index contributed by atoms with van der Waals surface area (Å²) in [4.78, 5) is 20.7. The molecule has 1 aliphatic heterocycles. The average molecular weight is 560 g/mol. The van der Waals surface area contributed by atoms with Gasteiger partial charge in [0.2, 0.25) is 0 Å². The zero-order valence-electron chi connectivity index (χ0n) is 18.4. The van der Waals surface area contributed by atoms with Gasteiger partial charge in [-0.2, -0.15) is 0 Å². The van der Waals surface area contributed by atoms with Crippen molar-refractivity contribution in [1.29, 1.82) is 0 Å². The highest BCUT2D eigenvalue weighted by molar-refractivity contribution is 9.10. The Bertz CT molecular complexity index is 1270. The Kier molecular flexibility index (Phi) is 7.20. The van der Waals surface area contributed by atoms with Crippen LogP contribution >= 0.6 is 38.9 Å². The molecule has 1 N–H and O–H groups in total. The first-order valence-electron chi connectivity index (χ1n) is 11.2. The van der Waals surface area contributed by atoms with Crippen LogP contribution in [0.1, 0.15) is 18.5 Å². The molecule has 2 amide bonds. The molecular weight excluding hydrogens is 536 g/mol. The summed E-state index contributed by atoms with van der Waals surface area (Å²) in [6.45, 7) is 1.93. The summed E-state index contributed by atoms with van der Waals surface area (Å²) in [6, 6.07) is 15.2. The molecule has 0 bridgehead atoms. The SMILES string of the molecule is O=C(Nc1ccc(Br)cc1)N(CCc1csc2nc(-c3ccc(Cl)cc3)cn12)CC1CCCO1. The highest BCUT2D eigenvalue weighted by atomic mass is 79.9. The van der Waals surface area contributed by atoms with Crippen LogP contribution < -0.4 is 5.32 Å². The molecule has 9 heteroatoms. The summed E-state index contributed by atoms with van der Waals surface area (Å²) in [5.41, 5.74) is 3.83. The molecule has 2 aromatic heterocycles. The number of nitrogens with one attached hydrogen (secondary N) is 1. The predicted octanol–water partition coefficient (Wildman–Crippen LogP) is 6.73. The number of carbonyl (C=O) groups is 1. The van der Waals surface area contributed by atoms with Gasteiger partial charge in [-0.1, -0.05) is 39.7 Å². The van der Waals surface area contributed by atoms with Crippen LogP contribution in [0.2, 0.25) is 5.02 Å². The van der Waals surface area contributed by atoms with E-state index in [9.17, 15) is 4.79 Å². The molecule has 2 aromatic carbocycles. The lowest BCUT2D eigenvalue weighted by molar-refractivity contribution is 0.0838. The molecule has 1 saturated heterocycles. The van der Waals surface area contributed by atoms with Crippen LogP contribution in [0, 0.1) is 0 Å². The maximum atomic E-state index is 13.1. The smallest absolute Gasteiger partial charge is 0.321 e. The molecule has 1 unspecified atom stereocenters. The minimum absolute atomic E-state index is 0.0860. The van der Waals surface area contributed by atoms with Crippen LogP contribution in [-0.2, 0) is 11.2 Å². The molecule has 34 heavy (non-hydrogen) atoms. The van der Waals surface area contributed by atoms with Crippen LogP contribution in [0.15, 0.2) is 64.6 Å². The fourth-order valence-electron chi connectivity index (χ4n) is 4.06. The first-order chi connectivity index (χ1) is 16.5. The van der Waals surface area contributed by atoms with E-state index in [0.29, 0.717) is 18.1 Å². The minimum atomic E-state index is -0.114. The first-order valence-corrected chi connectivity index (χ1v) is 13.2. The predicted molar refractivity (Wildman–Crippen MR) is 141 cm³/mol. The zero-order chi connectivity index (χ0) is 23.5. The van der Waals surface area contributed by atoms with E-state index >= 15 is 0 Å². The van der Waals surface area contributed by atoms with Crippen molar-refractivity contribution in [2.24, 2.45) is 0 Å². The molecule has 4 aromatic rings. The fourth-order valence-corrected chi connectivity index (χ4v) is 5.36. The number of rotatable bonds is 7. The quantitative estimate of drug-likeness (QED) is 0.273. The molecule has 0 radical (unpaired) electrons. The van der Waals surface area contributed by atoms with E-state index in [0.717, 1.165) is 57.9 Å². The Balaban J connectivity index is 1.31. The second-order valence-electron chi connectivity index (χ2n) is 8.28. The van der Waals surface area contributed by atoms with Crippen molar-refractivity contribution < 1.29 is 9.53 Å². The summed E-state index contributed by atoms with van der Waals surface area (Å²) in [5, 5.41) is 5.85. The van der Waals surface area contributed by atoms with Gasteiger partial charge in [0.05, 0.1) is 11.8 Å². The van der Waals surface area contributed by atoms with Crippen molar-refractivity contribution in [3.8, 4) is 11.3 Å². The second-order valence-corrected chi connectivity index (χ2v) is 10.5. The molecule has 5 rings (SSSR count). The van der Waals surface area contributed by atoms with Crippen molar-refractivity contribution in [2.45, 2.75) is 25.4 Å². The van der Waals surface area contributed by atoms with E-state index < -0.39 is 0 Å². The largest absolute Gasteiger partial charge is 0.376 e. The molecule has 1 aliphatic rings. The van der Waals surface area contributed by atoms with Gasteiger partial charge in [0.1, 0.15) is 0 Å². The standard InChI is InChI=1S/C25H24BrClN4O2S/c26-18-5-9-20(10-6-18)28-24(32)30(14-22-2-1-13-33-22)12-11-21-16-34-25-29-23(15-31(21)25)17-3-7-19(27)8-4-17/h3-10,15-16,22H,1-2,11-14H2,(H,28,32). The van der Waals surface area contributed by atoms with Gasteiger partial charge in [-0.15, -0.1) is 11.3 Å². The molecular formula is C25H24BrClN4O2S. The Morgan fingerprint density at radius 3 is 2.76 bits per heavy atom. The molecule has 0 spiro atoms. The Hall–Kier alpha value is -2.39. The highest BCUT2D eigenvalue weighted by Crippen LogP contribution is 2.25. The number of hydrogen-bond donors (Lipinski definition) is 1. The number of halogens is 2. The summed E-state index contributed by atoms with van der Waals surface area (Å²) >= 11 is 11.1. The number of fused-ring (bicyclic) bond motifs is 1. The third-order valence-corrected chi connectivity index (χ3v) is 7.56. The van der Waals surface area contributed by atoms with Crippen molar-refractivity contribution in [3.05, 3.63) is 75.3 Å². The number of carbonyl (C=O) groups excluding carboxylic acids is 1. The summed E-state index contributed by atoms with van der Waals surface area (Å²) in [6.07, 6.45) is 4.88. The normalized spacial score (nSPS) is 15.6. The van der Waals surface area contributed by atoms with Gasteiger partial charge in [0.15, 0.2) is 4.96 Å². The van der Waals surface area contributed by atoms with Gasteiger partial charge >= 0.3 is 6.03 Å². The van der Waals surface area contributed by atoms with Crippen LogP contribution in [0.3, 0.4) is 0 Å². The lowest BCUT2D eigenvalue weighted by Crippen LogP contribution is -2.41. The topological polar surface area (TPSA) is 58.9 Å². The maximum absolute atomic E-state index is 13.1. The molecule has 6 nitrogen and oxygen atoms in total. The second kappa shape index (κ2) is 10.5. The number of benzene rings is 2. The lowest BCUT2D eigenvalue weighted by atomic mass is 10.2. The van der Waals surface area contributed by atoms with Gasteiger partial charge in [-0.3, -0.25) is 4.40 Å².